The minimum atomic E-state index is -0.539. The van der Waals surface area contributed by atoms with Gasteiger partial charge in [-0.3, -0.25) is 0 Å². The summed E-state index contributed by atoms with van der Waals surface area (Å²) in [7, 11) is 2.57. The highest BCUT2D eigenvalue weighted by atomic mass is 32.2. The van der Waals surface area contributed by atoms with Crippen molar-refractivity contribution in [1.82, 2.24) is 0 Å². The Kier molecular flexibility index (Phi) is 5.51. The van der Waals surface area contributed by atoms with Crippen LogP contribution < -0.4 is 0 Å². The molecular formula is C16H14O4S2. The highest BCUT2D eigenvalue weighted by Crippen LogP contribution is 2.50. The van der Waals surface area contributed by atoms with Gasteiger partial charge in [-0.2, -0.15) is 0 Å². The highest BCUT2D eigenvalue weighted by molar-refractivity contribution is 8.29. The molecule has 1 aliphatic rings. The van der Waals surface area contributed by atoms with E-state index in [4.69, 9.17) is 9.47 Å². The molecule has 22 heavy (non-hydrogen) atoms. The smallest absolute Gasteiger partial charge is 0.346 e. The van der Waals surface area contributed by atoms with Gasteiger partial charge in [0.05, 0.1) is 18.5 Å². The molecular weight excluding hydrogens is 320 g/mol. The molecule has 0 unspecified atom stereocenters. The Morgan fingerprint density at radius 3 is 1.82 bits per heavy atom. The fourth-order valence-electron chi connectivity index (χ4n) is 1.69. The maximum Gasteiger partial charge on any atom is 0.346 e. The van der Waals surface area contributed by atoms with Crippen LogP contribution in [0.4, 0.5) is 0 Å². The molecule has 1 aromatic rings. The van der Waals surface area contributed by atoms with Gasteiger partial charge in [-0.05, 0) is 17.2 Å². The van der Waals surface area contributed by atoms with Crippen LogP contribution in [0.2, 0.25) is 0 Å². The number of hydrogen-bond acceptors (Lipinski definition) is 6. The van der Waals surface area contributed by atoms with Crippen molar-refractivity contribution in [2.24, 2.45) is 0 Å². The van der Waals surface area contributed by atoms with Gasteiger partial charge >= 0.3 is 11.9 Å². The second kappa shape index (κ2) is 7.38. The average Bonchev–Trinajstić information content (AvgIpc) is 2.98. The topological polar surface area (TPSA) is 52.6 Å². The minimum absolute atomic E-state index is 0.258. The zero-order valence-corrected chi connectivity index (χ0v) is 13.8. The molecule has 0 spiro atoms. The largest absolute Gasteiger partial charge is 0.465 e. The number of ether oxygens (including phenoxy) is 2. The van der Waals surface area contributed by atoms with Crippen LogP contribution in [0.15, 0.2) is 44.9 Å². The van der Waals surface area contributed by atoms with Gasteiger partial charge in [-0.15, -0.1) is 0 Å². The summed E-state index contributed by atoms with van der Waals surface area (Å²) in [4.78, 5) is 24.0. The molecule has 0 atom stereocenters. The summed E-state index contributed by atoms with van der Waals surface area (Å²) in [5.41, 5.74) is 1.99. The molecule has 6 heteroatoms. The third-order valence-electron chi connectivity index (χ3n) is 2.81. The third kappa shape index (κ3) is 3.64. The first-order valence-electron chi connectivity index (χ1n) is 6.30. The molecule has 0 N–H and O–H groups in total. The van der Waals surface area contributed by atoms with E-state index in [-0.39, 0.29) is 9.81 Å². The Labute approximate surface area is 137 Å². The molecule has 1 aliphatic heterocycles. The Balaban J connectivity index is 2.25. The van der Waals surface area contributed by atoms with Gasteiger partial charge < -0.3 is 9.47 Å². The average molecular weight is 334 g/mol. The molecule has 0 bridgehead atoms. The number of thioether (sulfide) groups is 2. The number of carbonyl (C=O) groups is 2. The predicted octanol–water partition coefficient (Wildman–Crippen LogP) is 3.67. The van der Waals surface area contributed by atoms with Crippen molar-refractivity contribution in [3.63, 3.8) is 0 Å². The van der Waals surface area contributed by atoms with Gasteiger partial charge in [0.25, 0.3) is 0 Å². The van der Waals surface area contributed by atoms with Gasteiger partial charge in [0.2, 0.25) is 0 Å². The van der Waals surface area contributed by atoms with Crippen molar-refractivity contribution in [2.75, 3.05) is 14.2 Å². The SMILES string of the molecule is C=Cc1ccc(C=C2SC(C(=O)OC)=C(C(=O)OC)S2)cc1. The van der Waals surface area contributed by atoms with E-state index in [1.54, 1.807) is 6.08 Å². The van der Waals surface area contributed by atoms with E-state index in [0.29, 0.717) is 0 Å². The molecule has 2 rings (SSSR count). The van der Waals surface area contributed by atoms with Crippen molar-refractivity contribution in [3.8, 4) is 0 Å². The summed E-state index contributed by atoms with van der Waals surface area (Å²) in [6, 6.07) is 7.78. The lowest BCUT2D eigenvalue weighted by Gasteiger charge is -2.00. The number of rotatable bonds is 4. The summed E-state index contributed by atoms with van der Waals surface area (Å²) < 4.78 is 10.2. The van der Waals surface area contributed by atoms with Crippen LogP contribution in [0.5, 0.6) is 0 Å². The summed E-state index contributed by atoms with van der Waals surface area (Å²) in [5.74, 6) is -1.08. The number of esters is 2. The van der Waals surface area contributed by atoms with Crippen LogP contribution in [0, 0.1) is 0 Å². The molecule has 1 heterocycles. The van der Waals surface area contributed by atoms with Crippen molar-refractivity contribution < 1.29 is 19.1 Å². The molecule has 0 amide bonds. The maximum atomic E-state index is 11.8. The summed E-state index contributed by atoms with van der Waals surface area (Å²) in [5, 5.41) is 0. The highest BCUT2D eigenvalue weighted by Gasteiger charge is 2.32. The lowest BCUT2D eigenvalue weighted by Crippen LogP contribution is -2.08. The molecule has 0 aromatic heterocycles. The van der Waals surface area contributed by atoms with Gasteiger partial charge in [-0.1, -0.05) is 60.4 Å². The van der Waals surface area contributed by atoms with Crippen LogP contribution in [0.25, 0.3) is 12.2 Å². The van der Waals surface area contributed by atoms with Crippen molar-refractivity contribution in [2.45, 2.75) is 0 Å². The van der Waals surface area contributed by atoms with Crippen LogP contribution >= 0.6 is 23.5 Å². The minimum Gasteiger partial charge on any atom is -0.465 e. The van der Waals surface area contributed by atoms with E-state index >= 15 is 0 Å². The number of benzene rings is 1. The molecule has 4 nitrogen and oxygen atoms in total. The van der Waals surface area contributed by atoms with E-state index in [2.05, 4.69) is 6.58 Å². The summed E-state index contributed by atoms with van der Waals surface area (Å²) in [6.45, 7) is 3.71. The van der Waals surface area contributed by atoms with E-state index in [1.807, 2.05) is 30.3 Å². The van der Waals surface area contributed by atoms with E-state index in [0.717, 1.165) is 15.4 Å². The van der Waals surface area contributed by atoms with E-state index in [1.165, 1.54) is 37.7 Å². The summed E-state index contributed by atoms with van der Waals surface area (Å²) in [6.07, 6.45) is 3.67. The third-order valence-corrected chi connectivity index (χ3v) is 5.23. The van der Waals surface area contributed by atoms with Gasteiger partial charge in [0.1, 0.15) is 9.81 Å². The first kappa shape index (κ1) is 16.5. The number of carbonyl (C=O) groups excluding carboxylic acids is 2. The fourth-order valence-corrected chi connectivity index (χ4v) is 4.09. The van der Waals surface area contributed by atoms with Crippen LogP contribution in [0.3, 0.4) is 0 Å². The zero-order chi connectivity index (χ0) is 16.1. The Hall–Kier alpha value is -1.92. The molecule has 0 radical (unpaired) electrons. The summed E-state index contributed by atoms with van der Waals surface area (Å²) >= 11 is 2.42. The van der Waals surface area contributed by atoms with Crippen LogP contribution in [-0.2, 0) is 19.1 Å². The van der Waals surface area contributed by atoms with Gasteiger partial charge in [-0.25, -0.2) is 9.59 Å². The van der Waals surface area contributed by atoms with E-state index < -0.39 is 11.9 Å². The standard InChI is InChI=1S/C16H14O4S2/c1-4-10-5-7-11(8-6-10)9-12-21-13(15(17)19-2)14(22-12)16(18)20-3/h4-9H,1H2,2-3H3. The molecule has 0 aliphatic carbocycles. The lowest BCUT2D eigenvalue weighted by atomic mass is 10.1. The second-order valence-electron chi connectivity index (χ2n) is 4.18. The fraction of sp³-hybridized carbons (Fsp3) is 0.125. The van der Waals surface area contributed by atoms with Gasteiger partial charge in [0, 0.05) is 0 Å². The first-order valence-corrected chi connectivity index (χ1v) is 7.93. The van der Waals surface area contributed by atoms with Crippen molar-refractivity contribution in [1.29, 1.82) is 0 Å². The number of methoxy groups -OCH3 is 2. The van der Waals surface area contributed by atoms with Gasteiger partial charge in [0.15, 0.2) is 0 Å². The van der Waals surface area contributed by atoms with Crippen LogP contribution in [-0.4, -0.2) is 26.2 Å². The molecule has 114 valence electrons. The second-order valence-corrected chi connectivity index (χ2v) is 6.54. The molecule has 0 saturated heterocycles. The lowest BCUT2D eigenvalue weighted by molar-refractivity contribution is -0.138. The Morgan fingerprint density at radius 2 is 1.41 bits per heavy atom. The molecule has 0 saturated carbocycles. The first-order chi connectivity index (χ1) is 10.6. The van der Waals surface area contributed by atoms with Crippen molar-refractivity contribution >= 4 is 47.6 Å². The van der Waals surface area contributed by atoms with Crippen molar-refractivity contribution in [3.05, 3.63) is 56.0 Å². The Morgan fingerprint density at radius 1 is 0.955 bits per heavy atom. The maximum absolute atomic E-state index is 11.8. The monoisotopic (exact) mass is 334 g/mol. The Bertz CT molecular complexity index is 642. The zero-order valence-electron chi connectivity index (χ0n) is 12.1. The molecule has 1 aromatic carbocycles. The predicted molar refractivity (Wildman–Crippen MR) is 90.8 cm³/mol. The normalized spacial score (nSPS) is 13.8. The van der Waals surface area contributed by atoms with E-state index in [9.17, 15) is 9.59 Å². The molecule has 0 fully saturated rings. The van der Waals surface area contributed by atoms with Crippen LogP contribution in [0.1, 0.15) is 11.1 Å². The quantitative estimate of drug-likeness (QED) is 0.783. The number of hydrogen-bond donors (Lipinski definition) is 0.